The number of aromatic nitrogens is 1. The fourth-order valence-corrected chi connectivity index (χ4v) is 1.96. The monoisotopic (exact) mass is 332 g/mol. The number of carbonyl (C=O) groups is 1. The third kappa shape index (κ3) is 3.15. The topological polar surface area (TPSA) is 51.2 Å². The largest absolute Gasteiger partial charge is 0.381 e. The van der Waals surface area contributed by atoms with Gasteiger partial charge in [0.15, 0.2) is 0 Å². The number of rotatable bonds is 2. The van der Waals surface area contributed by atoms with E-state index in [0.717, 1.165) is 16.4 Å². The number of amides is 1. The third-order valence-corrected chi connectivity index (χ3v) is 3.21. The molecule has 1 saturated heterocycles. The predicted octanol–water partition coefficient (Wildman–Crippen LogP) is 2.05. The number of hydrogen-bond acceptors (Lipinski definition) is 3. The molecule has 1 aliphatic heterocycles. The molecular weight excluding hydrogens is 319 g/mol. The van der Waals surface area contributed by atoms with Gasteiger partial charge in [-0.2, -0.15) is 0 Å². The minimum atomic E-state index is 0.0528. The summed E-state index contributed by atoms with van der Waals surface area (Å²) in [5.41, 5.74) is 0. The van der Waals surface area contributed by atoms with Crippen LogP contribution in [0.5, 0.6) is 0 Å². The normalized spacial score (nSPS) is 17.1. The van der Waals surface area contributed by atoms with Crippen molar-refractivity contribution in [1.29, 1.82) is 0 Å². The average molecular weight is 332 g/mol. The Morgan fingerprint density at radius 2 is 2.19 bits per heavy atom. The summed E-state index contributed by atoms with van der Waals surface area (Å²) in [5.74, 6) is 0.740. The van der Waals surface area contributed by atoms with Gasteiger partial charge in [-0.05, 0) is 47.6 Å². The van der Waals surface area contributed by atoms with Crippen molar-refractivity contribution in [2.24, 2.45) is 5.92 Å². The Bertz CT molecular complexity index is 361. The quantitative estimate of drug-likeness (QED) is 0.844. The van der Waals surface area contributed by atoms with E-state index >= 15 is 0 Å². The SMILES string of the molecule is O=C(Nc1ccc(I)cn1)C1CCOCC1. The summed E-state index contributed by atoms with van der Waals surface area (Å²) in [5, 5.41) is 2.83. The molecule has 1 aromatic heterocycles. The van der Waals surface area contributed by atoms with Crippen LogP contribution in [-0.4, -0.2) is 24.1 Å². The number of pyridine rings is 1. The van der Waals surface area contributed by atoms with Gasteiger partial charge in [-0.15, -0.1) is 0 Å². The Labute approximate surface area is 108 Å². The molecule has 0 unspecified atom stereocenters. The summed E-state index contributed by atoms with van der Waals surface area (Å²) in [6.07, 6.45) is 3.34. The van der Waals surface area contributed by atoms with Crippen molar-refractivity contribution >= 4 is 34.3 Å². The van der Waals surface area contributed by atoms with E-state index in [1.165, 1.54) is 0 Å². The molecule has 2 rings (SSSR count). The molecule has 0 radical (unpaired) electrons. The minimum absolute atomic E-state index is 0.0528. The second-order valence-corrected chi connectivity index (χ2v) is 4.98. The highest BCUT2D eigenvalue weighted by atomic mass is 127. The van der Waals surface area contributed by atoms with Crippen LogP contribution in [0.25, 0.3) is 0 Å². The second kappa shape index (κ2) is 5.58. The molecule has 2 heterocycles. The molecule has 0 atom stereocenters. The lowest BCUT2D eigenvalue weighted by Gasteiger charge is -2.20. The van der Waals surface area contributed by atoms with Crippen molar-refractivity contribution < 1.29 is 9.53 Å². The van der Waals surface area contributed by atoms with Crippen LogP contribution in [0, 0.1) is 9.49 Å². The van der Waals surface area contributed by atoms with Crippen molar-refractivity contribution in [2.75, 3.05) is 18.5 Å². The van der Waals surface area contributed by atoms with Crippen molar-refractivity contribution in [3.63, 3.8) is 0 Å². The third-order valence-electron chi connectivity index (χ3n) is 2.57. The van der Waals surface area contributed by atoms with Crippen LogP contribution >= 0.6 is 22.6 Å². The van der Waals surface area contributed by atoms with Crippen LogP contribution in [0.1, 0.15) is 12.8 Å². The van der Waals surface area contributed by atoms with Crippen molar-refractivity contribution in [2.45, 2.75) is 12.8 Å². The first-order valence-electron chi connectivity index (χ1n) is 5.26. The molecule has 1 aliphatic rings. The summed E-state index contributed by atoms with van der Waals surface area (Å²) in [4.78, 5) is 16.0. The Kier molecular flexibility index (Phi) is 4.11. The molecular formula is C11H13IN2O2. The molecule has 1 amide bonds. The fourth-order valence-electron chi connectivity index (χ4n) is 1.64. The zero-order chi connectivity index (χ0) is 11.4. The van der Waals surface area contributed by atoms with Gasteiger partial charge >= 0.3 is 0 Å². The highest BCUT2D eigenvalue weighted by molar-refractivity contribution is 14.1. The first kappa shape index (κ1) is 11.8. The molecule has 16 heavy (non-hydrogen) atoms. The van der Waals surface area contributed by atoms with Crippen LogP contribution in [0.4, 0.5) is 5.82 Å². The average Bonchev–Trinajstić information content (AvgIpc) is 2.33. The molecule has 0 spiro atoms. The first-order valence-corrected chi connectivity index (χ1v) is 6.34. The van der Waals surface area contributed by atoms with E-state index in [2.05, 4.69) is 32.9 Å². The molecule has 0 aliphatic carbocycles. The van der Waals surface area contributed by atoms with Gasteiger partial charge in [0.05, 0.1) is 0 Å². The maximum Gasteiger partial charge on any atom is 0.228 e. The number of anilines is 1. The van der Waals surface area contributed by atoms with Crippen molar-refractivity contribution in [3.8, 4) is 0 Å². The van der Waals surface area contributed by atoms with Crippen LogP contribution < -0.4 is 5.32 Å². The standard InChI is InChI=1S/C11H13IN2O2/c12-9-1-2-10(13-7-9)14-11(15)8-3-5-16-6-4-8/h1-2,7-8H,3-6H2,(H,13,14,15). The van der Waals surface area contributed by atoms with E-state index in [9.17, 15) is 4.79 Å². The summed E-state index contributed by atoms with van der Waals surface area (Å²) in [6.45, 7) is 1.36. The first-order chi connectivity index (χ1) is 7.75. The molecule has 1 fully saturated rings. The Balaban J connectivity index is 1.93. The van der Waals surface area contributed by atoms with E-state index in [1.54, 1.807) is 6.20 Å². The highest BCUT2D eigenvalue weighted by Gasteiger charge is 2.21. The van der Waals surface area contributed by atoms with Crippen molar-refractivity contribution in [3.05, 3.63) is 21.9 Å². The zero-order valence-corrected chi connectivity index (χ0v) is 10.9. The molecule has 1 N–H and O–H groups in total. The van der Waals surface area contributed by atoms with Gasteiger partial charge in [0.25, 0.3) is 0 Å². The van der Waals surface area contributed by atoms with E-state index in [4.69, 9.17) is 4.74 Å². The number of hydrogen-bond donors (Lipinski definition) is 1. The second-order valence-electron chi connectivity index (χ2n) is 3.74. The summed E-state index contributed by atoms with van der Waals surface area (Å²) < 4.78 is 6.28. The number of carbonyl (C=O) groups excluding carboxylic acids is 1. The number of halogens is 1. The lowest BCUT2D eigenvalue weighted by atomic mass is 9.99. The van der Waals surface area contributed by atoms with Gasteiger partial charge < -0.3 is 10.1 Å². The van der Waals surface area contributed by atoms with Crippen molar-refractivity contribution in [1.82, 2.24) is 4.98 Å². The van der Waals surface area contributed by atoms with E-state index in [0.29, 0.717) is 19.0 Å². The molecule has 0 bridgehead atoms. The zero-order valence-electron chi connectivity index (χ0n) is 8.78. The molecule has 1 aromatic rings. The van der Waals surface area contributed by atoms with E-state index in [1.807, 2.05) is 12.1 Å². The van der Waals surface area contributed by atoms with Gasteiger partial charge in [-0.3, -0.25) is 4.79 Å². The van der Waals surface area contributed by atoms with Gasteiger partial charge in [-0.1, -0.05) is 0 Å². The smallest absolute Gasteiger partial charge is 0.228 e. The van der Waals surface area contributed by atoms with Gasteiger partial charge in [0, 0.05) is 28.9 Å². The predicted molar refractivity (Wildman–Crippen MR) is 69.1 cm³/mol. The molecule has 0 saturated carbocycles. The van der Waals surface area contributed by atoms with Gasteiger partial charge in [0.1, 0.15) is 5.82 Å². The van der Waals surface area contributed by atoms with E-state index in [-0.39, 0.29) is 11.8 Å². The summed E-state index contributed by atoms with van der Waals surface area (Å²) >= 11 is 2.18. The van der Waals surface area contributed by atoms with Crippen LogP contribution in [-0.2, 0) is 9.53 Å². The minimum Gasteiger partial charge on any atom is -0.381 e. The number of ether oxygens (including phenoxy) is 1. The fraction of sp³-hybridized carbons (Fsp3) is 0.455. The summed E-state index contributed by atoms with van der Waals surface area (Å²) in [6, 6.07) is 3.74. The van der Waals surface area contributed by atoms with Crippen LogP contribution in [0.2, 0.25) is 0 Å². The van der Waals surface area contributed by atoms with Gasteiger partial charge in [0.2, 0.25) is 5.91 Å². The number of nitrogens with zero attached hydrogens (tertiary/aromatic N) is 1. The molecule has 86 valence electrons. The van der Waals surface area contributed by atoms with Crippen LogP contribution in [0.15, 0.2) is 18.3 Å². The maximum absolute atomic E-state index is 11.8. The van der Waals surface area contributed by atoms with Gasteiger partial charge in [-0.25, -0.2) is 4.98 Å². The Hall–Kier alpha value is -0.690. The lowest BCUT2D eigenvalue weighted by molar-refractivity contribution is -0.122. The van der Waals surface area contributed by atoms with E-state index < -0.39 is 0 Å². The summed E-state index contributed by atoms with van der Waals surface area (Å²) in [7, 11) is 0. The highest BCUT2D eigenvalue weighted by Crippen LogP contribution is 2.17. The molecule has 0 aromatic carbocycles. The maximum atomic E-state index is 11.8. The Morgan fingerprint density at radius 1 is 1.44 bits per heavy atom. The molecule has 5 heteroatoms. The lowest BCUT2D eigenvalue weighted by Crippen LogP contribution is -2.28. The number of nitrogens with one attached hydrogen (secondary N) is 1. The molecule has 4 nitrogen and oxygen atoms in total. The Morgan fingerprint density at radius 3 is 2.81 bits per heavy atom. The van der Waals surface area contributed by atoms with Crippen LogP contribution in [0.3, 0.4) is 0 Å².